The summed E-state index contributed by atoms with van der Waals surface area (Å²) >= 11 is 0. The summed E-state index contributed by atoms with van der Waals surface area (Å²) in [6.45, 7) is 0. The van der Waals surface area contributed by atoms with Crippen LogP contribution in [0.5, 0.6) is 0 Å². The molecule has 0 unspecified atom stereocenters. The number of sulfone groups is 1. The summed E-state index contributed by atoms with van der Waals surface area (Å²) in [5.74, 6) is 0. The van der Waals surface area contributed by atoms with Gasteiger partial charge in [0.2, 0.25) is 9.84 Å². The van der Waals surface area contributed by atoms with E-state index in [1.165, 1.54) is 5.56 Å². The van der Waals surface area contributed by atoms with E-state index in [9.17, 15) is 8.42 Å². The van der Waals surface area contributed by atoms with Crippen LogP contribution in [0.1, 0.15) is 17.5 Å². The number of rotatable bonds is 3. The summed E-state index contributed by atoms with van der Waals surface area (Å²) in [5, 5.41) is 1.83. The summed E-state index contributed by atoms with van der Waals surface area (Å²) in [7, 11) is 0.392. The zero-order valence-corrected chi connectivity index (χ0v) is 15.3. The Bertz CT molecular complexity index is 1050. The fraction of sp³-hybridized carbons (Fsp3) is 0.238. The van der Waals surface area contributed by atoms with E-state index in [-0.39, 0.29) is 0 Å². The topological polar surface area (TPSA) is 37.4 Å². The standard InChI is InChI=1S/C21H21NO2S/c1-22(2)17-12-11-16-13-15-7-6-10-19(15)21(20(16)14-17)25(23,24)18-8-4-3-5-9-18/h3-5,8-9,11-14H,6-7,10H2,1-2H3. The molecule has 1 aliphatic rings. The second-order valence-corrected chi connectivity index (χ2v) is 8.70. The molecular formula is C21H21NO2S. The van der Waals surface area contributed by atoms with Crippen molar-refractivity contribution in [3.63, 3.8) is 0 Å². The van der Waals surface area contributed by atoms with Gasteiger partial charge in [0.25, 0.3) is 0 Å². The van der Waals surface area contributed by atoms with Crippen LogP contribution in [0.2, 0.25) is 0 Å². The van der Waals surface area contributed by atoms with Crippen molar-refractivity contribution in [2.24, 2.45) is 0 Å². The summed E-state index contributed by atoms with van der Waals surface area (Å²) in [4.78, 5) is 2.88. The van der Waals surface area contributed by atoms with Crippen LogP contribution >= 0.6 is 0 Å². The van der Waals surface area contributed by atoms with E-state index in [0.29, 0.717) is 9.79 Å². The van der Waals surface area contributed by atoms with E-state index >= 15 is 0 Å². The van der Waals surface area contributed by atoms with Crippen LogP contribution < -0.4 is 4.90 Å². The molecule has 0 heterocycles. The van der Waals surface area contributed by atoms with Gasteiger partial charge >= 0.3 is 0 Å². The van der Waals surface area contributed by atoms with Crippen LogP contribution in [0.3, 0.4) is 0 Å². The van der Waals surface area contributed by atoms with Gasteiger partial charge in [0.15, 0.2) is 0 Å². The first-order valence-corrected chi connectivity index (χ1v) is 10.0. The number of hydrogen-bond acceptors (Lipinski definition) is 3. The third-order valence-corrected chi connectivity index (χ3v) is 6.88. The summed E-state index contributed by atoms with van der Waals surface area (Å²) < 4.78 is 27.0. The number of benzene rings is 3. The van der Waals surface area contributed by atoms with E-state index in [1.807, 2.05) is 43.3 Å². The molecule has 0 fully saturated rings. The fourth-order valence-corrected chi connectivity index (χ4v) is 5.48. The molecule has 3 aromatic rings. The number of anilines is 1. The van der Waals surface area contributed by atoms with E-state index in [0.717, 1.165) is 41.3 Å². The van der Waals surface area contributed by atoms with Gasteiger partial charge < -0.3 is 4.90 Å². The molecule has 128 valence electrons. The van der Waals surface area contributed by atoms with Crippen LogP contribution in [0.15, 0.2) is 64.4 Å². The highest BCUT2D eigenvalue weighted by molar-refractivity contribution is 7.91. The minimum Gasteiger partial charge on any atom is -0.378 e. The van der Waals surface area contributed by atoms with E-state index in [2.05, 4.69) is 6.07 Å². The molecule has 0 amide bonds. The van der Waals surface area contributed by atoms with Gasteiger partial charge in [-0.15, -0.1) is 0 Å². The lowest BCUT2D eigenvalue weighted by Crippen LogP contribution is -2.10. The zero-order chi connectivity index (χ0) is 17.6. The Kier molecular flexibility index (Phi) is 3.80. The Hall–Kier alpha value is -2.33. The fourth-order valence-electron chi connectivity index (χ4n) is 3.71. The predicted octanol–water partition coefficient (Wildman–Crippen LogP) is 4.23. The van der Waals surface area contributed by atoms with Gasteiger partial charge in [0.1, 0.15) is 0 Å². The van der Waals surface area contributed by atoms with Crippen molar-refractivity contribution in [3.8, 4) is 0 Å². The molecule has 0 saturated carbocycles. The molecule has 0 N–H and O–H groups in total. The van der Waals surface area contributed by atoms with Gasteiger partial charge in [-0.3, -0.25) is 0 Å². The molecule has 4 heteroatoms. The van der Waals surface area contributed by atoms with Gasteiger partial charge in [-0.2, -0.15) is 0 Å². The predicted molar refractivity (Wildman–Crippen MR) is 102 cm³/mol. The Balaban J connectivity index is 2.09. The molecule has 1 aliphatic carbocycles. The van der Waals surface area contributed by atoms with Crippen LogP contribution in [0.4, 0.5) is 5.69 Å². The van der Waals surface area contributed by atoms with Crippen LogP contribution in [0.25, 0.3) is 10.8 Å². The van der Waals surface area contributed by atoms with Gasteiger partial charge in [-0.05, 0) is 60.0 Å². The molecule has 0 atom stereocenters. The van der Waals surface area contributed by atoms with Crippen molar-refractivity contribution in [1.82, 2.24) is 0 Å². The lowest BCUT2D eigenvalue weighted by molar-refractivity contribution is 0.596. The second kappa shape index (κ2) is 5.88. The van der Waals surface area contributed by atoms with Crippen LogP contribution in [-0.2, 0) is 22.7 Å². The monoisotopic (exact) mass is 351 g/mol. The maximum atomic E-state index is 13.5. The van der Waals surface area contributed by atoms with Gasteiger partial charge in [0.05, 0.1) is 9.79 Å². The number of fused-ring (bicyclic) bond motifs is 2. The molecule has 25 heavy (non-hydrogen) atoms. The Labute approximate surface area is 148 Å². The quantitative estimate of drug-likeness (QED) is 0.709. The van der Waals surface area contributed by atoms with Crippen molar-refractivity contribution in [2.45, 2.75) is 29.1 Å². The highest BCUT2D eigenvalue weighted by Gasteiger charge is 2.28. The molecule has 0 aromatic heterocycles. The van der Waals surface area contributed by atoms with Crippen molar-refractivity contribution in [2.75, 3.05) is 19.0 Å². The molecule has 0 radical (unpaired) electrons. The molecule has 3 nitrogen and oxygen atoms in total. The number of hydrogen-bond donors (Lipinski definition) is 0. The first-order chi connectivity index (χ1) is 12.0. The second-order valence-electron chi connectivity index (χ2n) is 6.81. The molecule has 0 spiro atoms. The Morgan fingerprint density at radius 2 is 1.68 bits per heavy atom. The smallest absolute Gasteiger partial charge is 0.207 e. The van der Waals surface area contributed by atoms with Crippen molar-refractivity contribution < 1.29 is 8.42 Å². The molecule has 3 aromatic carbocycles. The maximum Gasteiger partial charge on any atom is 0.207 e. The number of aryl methyl sites for hydroxylation is 1. The lowest BCUT2D eigenvalue weighted by Gasteiger charge is -2.17. The van der Waals surface area contributed by atoms with Crippen molar-refractivity contribution in [1.29, 1.82) is 0 Å². The number of nitrogens with zero attached hydrogens (tertiary/aromatic N) is 1. The highest BCUT2D eigenvalue weighted by Crippen LogP contribution is 2.39. The summed E-state index contributed by atoms with van der Waals surface area (Å²) in [6.07, 6.45) is 2.81. The van der Waals surface area contributed by atoms with Gasteiger partial charge in [-0.25, -0.2) is 8.42 Å². The van der Waals surface area contributed by atoms with E-state index in [1.54, 1.807) is 24.3 Å². The first kappa shape index (κ1) is 16.2. The summed E-state index contributed by atoms with van der Waals surface area (Å²) in [6, 6.07) is 17.0. The average Bonchev–Trinajstić information content (AvgIpc) is 3.07. The molecule has 4 rings (SSSR count). The average molecular weight is 351 g/mol. The lowest BCUT2D eigenvalue weighted by atomic mass is 10.0. The van der Waals surface area contributed by atoms with E-state index < -0.39 is 9.84 Å². The zero-order valence-electron chi connectivity index (χ0n) is 14.5. The van der Waals surface area contributed by atoms with Crippen LogP contribution in [0, 0.1) is 0 Å². The third-order valence-electron chi connectivity index (χ3n) is 4.98. The molecule has 0 bridgehead atoms. The minimum absolute atomic E-state index is 0.367. The summed E-state index contributed by atoms with van der Waals surface area (Å²) in [5.41, 5.74) is 3.20. The SMILES string of the molecule is CN(C)c1ccc2cc3c(c(S(=O)(=O)c4ccccc4)c2c1)CCC3. The minimum atomic E-state index is -3.55. The Morgan fingerprint density at radius 3 is 2.40 bits per heavy atom. The molecule has 0 aliphatic heterocycles. The Morgan fingerprint density at radius 1 is 0.920 bits per heavy atom. The normalized spacial score (nSPS) is 13.8. The third kappa shape index (κ3) is 2.61. The van der Waals surface area contributed by atoms with Crippen molar-refractivity contribution >= 4 is 26.3 Å². The maximum absolute atomic E-state index is 13.5. The van der Waals surface area contributed by atoms with Gasteiger partial charge in [0, 0.05) is 25.2 Å². The van der Waals surface area contributed by atoms with Crippen LogP contribution in [-0.4, -0.2) is 22.5 Å². The van der Waals surface area contributed by atoms with Gasteiger partial charge in [-0.1, -0.05) is 30.3 Å². The highest BCUT2D eigenvalue weighted by atomic mass is 32.2. The first-order valence-electron chi connectivity index (χ1n) is 8.54. The van der Waals surface area contributed by atoms with Crippen molar-refractivity contribution in [3.05, 3.63) is 65.7 Å². The molecular weight excluding hydrogens is 330 g/mol. The van der Waals surface area contributed by atoms with E-state index in [4.69, 9.17) is 0 Å². The largest absolute Gasteiger partial charge is 0.378 e. The molecule has 0 saturated heterocycles.